The SMILES string of the molecule is CN.Cc1ccc(OCC2COC(C)(C)O2)cc1CO. The van der Waals surface area contributed by atoms with E-state index in [4.69, 9.17) is 14.2 Å². The minimum Gasteiger partial charge on any atom is -0.491 e. The predicted octanol–water partition coefficient (Wildman–Crippen LogP) is 1.59. The zero-order valence-electron chi connectivity index (χ0n) is 12.7. The van der Waals surface area contributed by atoms with Gasteiger partial charge in [0, 0.05) is 0 Å². The lowest BCUT2D eigenvalue weighted by atomic mass is 10.1. The third-order valence-corrected chi connectivity index (χ3v) is 2.99. The lowest BCUT2D eigenvalue weighted by Crippen LogP contribution is -2.25. The van der Waals surface area contributed by atoms with Crippen molar-refractivity contribution in [1.29, 1.82) is 0 Å². The third-order valence-electron chi connectivity index (χ3n) is 2.99. The number of benzene rings is 1. The monoisotopic (exact) mass is 283 g/mol. The van der Waals surface area contributed by atoms with Crippen LogP contribution in [0.3, 0.4) is 0 Å². The Morgan fingerprint density at radius 2 is 2.10 bits per heavy atom. The van der Waals surface area contributed by atoms with E-state index in [-0.39, 0.29) is 12.7 Å². The molecule has 1 aliphatic heterocycles. The molecule has 0 radical (unpaired) electrons. The summed E-state index contributed by atoms with van der Waals surface area (Å²) in [6, 6.07) is 5.70. The molecule has 1 heterocycles. The Hall–Kier alpha value is -1.14. The molecule has 0 saturated carbocycles. The molecular weight excluding hydrogens is 258 g/mol. The topological polar surface area (TPSA) is 73.9 Å². The predicted molar refractivity (Wildman–Crippen MR) is 77.6 cm³/mol. The molecule has 3 N–H and O–H groups in total. The summed E-state index contributed by atoms with van der Waals surface area (Å²) < 4.78 is 16.8. The lowest BCUT2D eigenvalue weighted by molar-refractivity contribution is -0.141. The summed E-state index contributed by atoms with van der Waals surface area (Å²) in [5, 5.41) is 9.19. The Balaban J connectivity index is 0.000000956. The lowest BCUT2D eigenvalue weighted by Gasteiger charge is -2.17. The normalized spacial score (nSPS) is 20.2. The summed E-state index contributed by atoms with van der Waals surface area (Å²) in [6.45, 7) is 6.78. The highest BCUT2D eigenvalue weighted by Gasteiger charge is 2.32. The Bertz CT molecular complexity index is 420. The molecule has 2 rings (SSSR count). The van der Waals surface area contributed by atoms with Crippen molar-refractivity contribution >= 4 is 0 Å². The van der Waals surface area contributed by atoms with Crippen LogP contribution in [-0.4, -0.2) is 37.3 Å². The number of nitrogens with two attached hydrogens (primary N) is 1. The number of hydrogen-bond donors (Lipinski definition) is 2. The van der Waals surface area contributed by atoms with E-state index < -0.39 is 5.79 Å². The van der Waals surface area contributed by atoms with Gasteiger partial charge in [-0.3, -0.25) is 0 Å². The second kappa shape index (κ2) is 7.59. The molecule has 114 valence electrons. The maximum absolute atomic E-state index is 9.19. The molecule has 0 aromatic heterocycles. The van der Waals surface area contributed by atoms with Crippen molar-refractivity contribution in [2.24, 2.45) is 5.73 Å². The van der Waals surface area contributed by atoms with Crippen molar-refractivity contribution in [1.82, 2.24) is 0 Å². The number of rotatable bonds is 4. The van der Waals surface area contributed by atoms with Gasteiger partial charge in [-0.15, -0.1) is 0 Å². The minimum absolute atomic E-state index is 0.0269. The molecule has 1 aliphatic rings. The molecule has 0 bridgehead atoms. The van der Waals surface area contributed by atoms with Crippen LogP contribution in [0.15, 0.2) is 18.2 Å². The quantitative estimate of drug-likeness (QED) is 0.878. The van der Waals surface area contributed by atoms with Crippen molar-refractivity contribution < 1.29 is 19.3 Å². The number of hydrogen-bond acceptors (Lipinski definition) is 5. The standard InChI is InChI=1S/C14H20O4.CH5N/c1-10-4-5-12(6-11(10)7-15)16-8-13-9-17-14(2,3)18-13;1-2/h4-6,13,15H,7-9H2,1-3H3;2H2,1H3. The van der Waals surface area contributed by atoms with Crippen molar-refractivity contribution in [3.05, 3.63) is 29.3 Å². The molecule has 1 aromatic rings. The number of aliphatic hydroxyl groups is 1. The van der Waals surface area contributed by atoms with Crippen LogP contribution in [0.2, 0.25) is 0 Å². The fourth-order valence-corrected chi connectivity index (χ4v) is 1.94. The summed E-state index contributed by atoms with van der Waals surface area (Å²) in [5.74, 6) is 0.232. The molecule has 20 heavy (non-hydrogen) atoms. The van der Waals surface area contributed by atoms with E-state index in [0.29, 0.717) is 13.2 Å². The Morgan fingerprint density at radius 3 is 2.65 bits per heavy atom. The van der Waals surface area contributed by atoms with Crippen molar-refractivity contribution in [3.63, 3.8) is 0 Å². The molecular formula is C15H25NO4. The summed E-state index contributed by atoms with van der Waals surface area (Å²) >= 11 is 0. The molecule has 1 unspecified atom stereocenters. The van der Waals surface area contributed by atoms with Gasteiger partial charge < -0.3 is 25.1 Å². The van der Waals surface area contributed by atoms with Gasteiger partial charge in [-0.25, -0.2) is 0 Å². The molecule has 0 aliphatic carbocycles. The molecule has 5 nitrogen and oxygen atoms in total. The van der Waals surface area contributed by atoms with Gasteiger partial charge in [0.25, 0.3) is 0 Å². The van der Waals surface area contributed by atoms with Gasteiger partial charge in [0.2, 0.25) is 0 Å². The van der Waals surface area contributed by atoms with E-state index in [2.05, 4.69) is 5.73 Å². The first-order chi connectivity index (χ1) is 9.50. The smallest absolute Gasteiger partial charge is 0.163 e. The van der Waals surface area contributed by atoms with Crippen LogP contribution in [0.1, 0.15) is 25.0 Å². The van der Waals surface area contributed by atoms with E-state index >= 15 is 0 Å². The highest BCUT2D eigenvalue weighted by Crippen LogP contribution is 2.23. The Morgan fingerprint density at radius 1 is 1.40 bits per heavy atom. The maximum Gasteiger partial charge on any atom is 0.163 e. The maximum atomic E-state index is 9.19. The van der Waals surface area contributed by atoms with Gasteiger partial charge in [-0.05, 0) is 51.1 Å². The Labute approximate surface area is 120 Å². The highest BCUT2D eigenvalue weighted by molar-refractivity contribution is 5.34. The van der Waals surface area contributed by atoms with E-state index in [1.54, 1.807) is 0 Å². The van der Waals surface area contributed by atoms with Crippen molar-refractivity contribution in [2.45, 2.75) is 39.3 Å². The fourth-order valence-electron chi connectivity index (χ4n) is 1.94. The van der Waals surface area contributed by atoms with Gasteiger partial charge in [0.05, 0.1) is 13.2 Å². The van der Waals surface area contributed by atoms with E-state index in [0.717, 1.165) is 16.9 Å². The summed E-state index contributed by atoms with van der Waals surface area (Å²) in [6.07, 6.45) is -0.0427. The molecule has 1 aromatic carbocycles. The van der Waals surface area contributed by atoms with Crippen LogP contribution in [0.4, 0.5) is 0 Å². The van der Waals surface area contributed by atoms with Gasteiger partial charge in [-0.1, -0.05) is 6.07 Å². The van der Waals surface area contributed by atoms with Crippen LogP contribution in [0.5, 0.6) is 5.75 Å². The van der Waals surface area contributed by atoms with Gasteiger partial charge >= 0.3 is 0 Å². The zero-order chi connectivity index (χ0) is 15.2. The zero-order valence-corrected chi connectivity index (χ0v) is 12.7. The van der Waals surface area contributed by atoms with Crippen molar-refractivity contribution in [2.75, 3.05) is 20.3 Å². The molecule has 1 fully saturated rings. The second-order valence-corrected chi connectivity index (χ2v) is 5.01. The minimum atomic E-state index is -0.516. The average Bonchev–Trinajstić information content (AvgIpc) is 2.79. The largest absolute Gasteiger partial charge is 0.491 e. The first kappa shape index (κ1) is 16.9. The van der Waals surface area contributed by atoms with Crippen molar-refractivity contribution in [3.8, 4) is 5.75 Å². The van der Waals surface area contributed by atoms with Crippen LogP contribution >= 0.6 is 0 Å². The third kappa shape index (κ3) is 4.76. The van der Waals surface area contributed by atoms with Crippen LogP contribution < -0.4 is 10.5 Å². The number of aliphatic hydroxyl groups excluding tert-OH is 1. The van der Waals surface area contributed by atoms with Crippen LogP contribution in [0.25, 0.3) is 0 Å². The van der Waals surface area contributed by atoms with E-state index in [1.165, 1.54) is 7.05 Å². The van der Waals surface area contributed by atoms with Crippen LogP contribution in [-0.2, 0) is 16.1 Å². The average molecular weight is 283 g/mol. The summed E-state index contributed by atoms with van der Waals surface area (Å²) in [4.78, 5) is 0. The van der Waals surface area contributed by atoms with Crippen LogP contribution in [0, 0.1) is 6.92 Å². The van der Waals surface area contributed by atoms with E-state index in [9.17, 15) is 5.11 Å². The highest BCUT2D eigenvalue weighted by atomic mass is 16.7. The first-order valence-electron chi connectivity index (χ1n) is 6.73. The fraction of sp³-hybridized carbons (Fsp3) is 0.600. The molecule has 0 amide bonds. The Kier molecular flexibility index (Phi) is 6.42. The second-order valence-electron chi connectivity index (χ2n) is 5.01. The van der Waals surface area contributed by atoms with E-state index in [1.807, 2.05) is 39.0 Å². The van der Waals surface area contributed by atoms with Gasteiger partial charge in [0.1, 0.15) is 18.5 Å². The molecule has 5 heteroatoms. The number of ether oxygens (including phenoxy) is 3. The molecule has 1 saturated heterocycles. The molecule has 0 spiro atoms. The molecule has 1 atom stereocenters. The summed E-state index contributed by atoms with van der Waals surface area (Å²) in [7, 11) is 1.50. The number of aryl methyl sites for hydroxylation is 1. The van der Waals surface area contributed by atoms with Gasteiger partial charge in [0.15, 0.2) is 5.79 Å². The summed E-state index contributed by atoms with van der Waals surface area (Å²) in [5.41, 5.74) is 6.45. The first-order valence-corrected chi connectivity index (χ1v) is 6.73. The van der Waals surface area contributed by atoms with Gasteiger partial charge in [-0.2, -0.15) is 0 Å².